The van der Waals surface area contributed by atoms with Crippen molar-refractivity contribution in [2.75, 3.05) is 0 Å². The smallest absolute Gasteiger partial charge is 0.179 e. The van der Waals surface area contributed by atoms with E-state index in [1.165, 1.54) is 9.75 Å². The lowest BCUT2D eigenvalue weighted by atomic mass is 10.4. The SMILES string of the molecule is Cc1ccc(Cn2c(=S)[nH]c3cc(Br)cnc32)s1. The number of aromatic nitrogens is 3. The molecule has 0 bridgehead atoms. The number of aryl methyl sites for hydroxylation is 1. The van der Waals surface area contributed by atoms with Crippen LogP contribution in [0.3, 0.4) is 0 Å². The third-order valence-electron chi connectivity index (χ3n) is 2.69. The Morgan fingerprint density at radius 3 is 3.06 bits per heavy atom. The molecule has 0 aliphatic rings. The van der Waals surface area contributed by atoms with E-state index in [1.807, 2.05) is 10.6 Å². The lowest BCUT2D eigenvalue weighted by Crippen LogP contribution is -1.98. The number of hydrogen-bond donors (Lipinski definition) is 1. The quantitative estimate of drug-likeness (QED) is 0.707. The number of rotatable bonds is 2. The summed E-state index contributed by atoms with van der Waals surface area (Å²) < 4.78 is 3.69. The fourth-order valence-corrected chi connectivity index (χ4v) is 3.36. The molecule has 0 unspecified atom stereocenters. The number of nitrogens with zero attached hydrogens (tertiary/aromatic N) is 2. The molecule has 1 N–H and O–H groups in total. The molecular weight excluding hydrogens is 330 g/mol. The lowest BCUT2D eigenvalue weighted by Gasteiger charge is -2.01. The summed E-state index contributed by atoms with van der Waals surface area (Å²) >= 11 is 10.6. The minimum Gasteiger partial charge on any atom is -0.329 e. The van der Waals surface area contributed by atoms with E-state index in [2.05, 4.69) is 45.0 Å². The van der Waals surface area contributed by atoms with Crippen molar-refractivity contribution in [3.63, 3.8) is 0 Å². The molecule has 0 fully saturated rings. The predicted octanol–water partition coefficient (Wildman–Crippen LogP) is 4.27. The van der Waals surface area contributed by atoms with Crippen LogP contribution in [-0.4, -0.2) is 14.5 Å². The van der Waals surface area contributed by atoms with E-state index in [1.54, 1.807) is 17.5 Å². The number of aromatic amines is 1. The molecule has 0 aliphatic carbocycles. The molecule has 0 aromatic carbocycles. The Morgan fingerprint density at radius 1 is 1.50 bits per heavy atom. The fourth-order valence-electron chi connectivity index (χ4n) is 1.89. The van der Waals surface area contributed by atoms with Crippen molar-refractivity contribution >= 4 is 50.6 Å². The first-order chi connectivity index (χ1) is 8.63. The number of imidazole rings is 1. The number of halogens is 1. The van der Waals surface area contributed by atoms with Crippen LogP contribution in [0.2, 0.25) is 0 Å². The van der Waals surface area contributed by atoms with Crippen molar-refractivity contribution < 1.29 is 0 Å². The highest BCUT2D eigenvalue weighted by molar-refractivity contribution is 9.10. The molecule has 3 aromatic rings. The standard InChI is InChI=1S/C12H10BrN3S2/c1-7-2-3-9(18-7)6-16-11-10(15-12(16)17)4-8(13)5-14-11/h2-5H,6H2,1H3,(H,15,17). The molecule has 0 aliphatic heterocycles. The second-order valence-corrected chi connectivity index (χ2v) is 6.73. The summed E-state index contributed by atoms with van der Waals surface area (Å²) in [6.07, 6.45) is 1.79. The summed E-state index contributed by atoms with van der Waals surface area (Å²) in [5.41, 5.74) is 1.86. The first-order valence-electron chi connectivity index (χ1n) is 5.43. The van der Waals surface area contributed by atoms with Crippen molar-refractivity contribution in [3.8, 4) is 0 Å². The van der Waals surface area contributed by atoms with Crippen molar-refractivity contribution in [3.05, 3.63) is 43.4 Å². The van der Waals surface area contributed by atoms with Gasteiger partial charge in [-0.3, -0.25) is 4.57 Å². The minimum absolute atomic E-state index is 0.710. The van der Waals surface area contributed by atoms with Crippen LogP contribution in [0.4, 0.5) is 0 Å². The zero-order valence-electron chi connectivity index (χ0n) is 9.61. The molecule has 6 heteroatoms. The molecule has 3 rings (SSSR count). The first-order valence-corrected chi connectivity index (χ1v) is 7.44. The van der Waals surface area contributed by atoms with Crippen molar-refractivity contribution in [1.29, 1.82) is 0 Å². The van der Waals surface area contributed by atoms with Gasteiger partial charge >= 0.3 is 0 Å². The highest BCUT2D eigenvalue weighted by atomic mass is 79.9. The van der Waals surface area contributed by atoms with Gasteiger partial charge in [0.1, 0.15) is 0 Å². The van der Waals surface area contributed by atoms with Crippen LogP contribution in [0.5, 0.6) is 0 Å². The van der Waals surface area contributed by atoms with Crippen LogP contribution in [0, 0.1) is 11.7 Å². The van der Waals surface area contributed by atoms with Crippen LogP contribution in [0.25, 0.3) is 11.2 Å². The molecular formula is C12H10BrN3S2. The number of pyridine rings is 1. The Kier molecular flexibility index (Phi) is 3.09. The van der Waals surface area contributed by atoms with Gasteiger partial charge in [0.05, 0.1) is 12.1 Å². The van der Waals surface area contributed by atoms with Gasteiger partial charge in [-0.2, -0.15) is 0 Å². The van der Waals surface area contributed by atoms with E-state index in [0.29, 0.717) is 4.77 Å². The average molecular weight is 340 g/mol. The maximum atomic E-state index is 5.36. The third kappa shape index (κ3) is 2.15. The van der Waals surface area contributed by atoms with Gasteiger partial charge in [0.25, 0.3) is 0 Å². The molecule has 3 heterocycles. The van der Waals surface area contributed by atoms with E-state index in [-0.39, 0.29) is 0 Å². The molecule has 3 nitrogen and oxygen atoms in total. The number of fused-ring (bicyclic) bond motifs is 1. The van der Waals surface area contributed by atoms with Gasteiger partial charge in [0.2, 0.25) is 0 Å². The Bertz CT molecular complexity index is 769. The van der Waals surface area contributed by atoms with Crippen molar-refractivity contribution in [1.82, 2.24) is 14.5 Å². The zero-order valence-corrected chi connectivity index (χ0v) is 12.8. The topological polar surface area (TPSA) is 33.6 Å². The minimum atomic E-state index is 0.710. The van der Waals surface area contributed by atoms with Crippen molar-refractivity contribution in [2.45, 2.75) is 13.5 Å². The van der Waals surface area contributed by atoms with Gasteiger partial charge in [-0.25, -0.2) is 4.98 Å². The van der Waals surface area contributed by atoms with Crippen LogP contribution < -0.4 is 0 Å². The van der Waals surface area contributed by atoms with E-state index in [9.17, 15) is 0 Å². The summed E-state index contributed by atoms with van der Waals surface area (Å²) in [5.74, 6) is 0. The highest BCUT2D eigenvalue weighted by Gasteiger charge is 2.07. The van der Waals surface area contributed by atoms with Crippen LogP contribution in [0.15, 0.2) is 28.9 Å². The molecule has 18 heavy (non-hydrogen) atoms. The normalized spacial score (nSPS) is 11.2. The van der Waals surface area contributed by atoms with Gasteiger partial charge in [0.15, 0.2) is 10.4 Å². The highest BCUT2D eigenvalue weighted by Crippen LogP contribution is 2.21. The molecule has 0 saturated heterocycles. The Hall–Kier alpha value is -0.980. The van der Waals surface area contributed by atoms with Crippen LogP contribution in [0.1, 0.15) is 9.75 Å². The van der Waals surface area contributed by atoms with Gasteiger partial charge in [-0.15, -0.1) is 11.3 Å². The summed E-state index contributed by atoms with van der Waals surface area (Å²) in [7, 11) is 0. The molecule has 3 aromatic heterocycles. The molecule has 0 saturated carbocycles. The first kappa shape index (κ1) is 12.1. The number of H-pyrrole nitrogens is 1. The Labute approximate surface area is 122 Å². The molecule has 0 spiro atoms. The van der Waals surface area contributed by atoms with Crippen molar-refractivity contribution in [2.24, 2.45) is 0 Å². The van der Waals surface area contributed by atoms with Gasteiger partial charge < -0.3 is 4.98 Å². The van der Waals surface area contributed by atoms with Gasteiger partial charge in [-0.05, 0) is 53.3 Å². The Balaban J connectivity index is 2.11. The molecule has 0 amide bonds. The molecule has 0 radical (unpaired) electrons. The number of nitrogens with one attached hydrogen (secondary N) is 1. The second-order valence-electron chi connectivity index (χ2n) is 4.05. The summed E-state index contributed by atoms with van der Waals surface area (Å²) in [4.78, 5) is 10.2. The summed E-state index contributed by atoms with van der Waals surface area (Å²) in [6, 6.07) is 6.26. The lowest BCUT2D eigenvalue weighted by molar-refractivity contribution is 0.813. The summed E-state index contributed by atoms with van der Waals surface area (Å²) in [5, 5.41) is 0. The third-order valence-corrected chi connectivity index (χ3v) is 4.43. The maximum Gasteiger partial charge on any atom is 0.179 e. The number of thiophene rings is 1. The largest absolute Gasteiger partial charge is 0.329 e. The molecule has 0 atom stereocenters. The maximum absolute atomic E-state index is 5.36. The molecule has 92 valence electrons. The van der Waals surface area contributed by atoms with Crippen LogP contribution in [-0.2, 0) is 6.54 Å². The fraction of sp³-hybridized carbons (Fsp3) is 0.167. The van der Waals surface area contributed by atoms with E-state index < -0.39 is 0 Å². The summed E-state index contributed by atoms with van der Waals surface area (Å²) in [6.45, 7) is 2.88. The Morgan fingerprint density at radius 2 is 2.33 bits per heavy atom. The van der Waals surface area contributed by atoms with E-state index >= 15 is 0 Å². The zero-order chi connectivity index (χ0) is 12.7. The second kappa shape index (κ2) is 4.60. The van der Waals surface area contributed by atoms with E-state index in [4.69, 9.17) is 12.2 Å². The van der Waals surface area contributed by atoms with Gasteiger partial charge in [-0.1, -0.05) is 0 Å². The van der Waals surface area contributed by atoms with Crippen LogP contribution >= 0.6 is 39.5 Å². The monoisotopic (exact) mass is 339 g/mol. The number of hydrogen-bond acceptors (Lipinski definition) is 3. The van der Waals surface area contributed by atoms with Gasteiger partial charge in [0, 0.05) is 20.4 Å². The average Bonchev–Trinajstić information content (AvgIpc) is 2.84. The van der Waals surface area contributed by atoms with E-state index in [0.717, 1.165) is 22.2 Å². The predicted molar refractivity (Wildman–Crippen MR) is 80.8 cm³/mol.